The van der Waals surface area contributed by atoms with Crippen molar-refractivity contribution in [1.29, 1.82) is 0 Å². The van der Waals surface area contributed by atoms with Gasteiger partial charge in [-0.25, -0.2) is 0 Å². The maximum atomic E-state index is 12.5. The Morgan fingerprint density at radius 3 is 2.86 bits per heavy atom. The molecule has 4 nitrogen and oxygen atoms in total. The fourth-order valence-electron chi connectivity index (χ4n) is 3.45. The molecule has 1 aromatic rings. The first-order valence-electron chi connectivity index (χ1n) is 8.41. The summed E-state index contributed by atoms with van der Waals surface area (Å²) >= 11 is 0. The SMILES string of the molecule is CC1CN(C(=O)CCC2CCNC2)CC(c2ccccc2)O1. The molecule has 3 unspecified atom stereocenters. The molecular weight excluding hydrogens is 276 g/mol. The highest BCUT2D eigenvalue weighted by atomic mass is 16.5. The number of hydrogen-bond acceptors (Lipinski definition) is 3. The number of carbonyl (C=O) groups excluding carboxylic acids is 1. The number of hydrogen-bond donors (Lipinski definition) is 1. The van der Waals surface area contributed by atoms with Gasteiger partial charge in [0, 0.05) is 13.0 Å². The Balaban J connectivity index is 1.57. The van der Waals surface area contributed by atoms with Crippen LogP contribution in [0.5, 0.6) is 0 Å². The Morgan fingerprint density at radius 2 is 2.14 bits per heavy atom. The van der Waals surface area contributed by atoms with Gasteiger partial charge in [-0.3, -0.25) is 4.79 Å². The van der Waals surface area contributed by atoms with Crippen molar-refractivity contribution in [3.05, 3.63) is 35.9 Å². The fraction of sp³-hybridized carbons (Fsp3) is 0.611. The van der Waals surface area contributed by atoms with E-state index in [1.807, 2.05) is 23.1 Å². The van der Waals surface area contributed by atoms with E-state index in [0.717, 1.165) is 25.1 Å². The summed E-state index contributed by atoms with van der Waals surface area (Å²) in [5.74, 6) is 0.954. The zero-order valence-corrected chi connectivity index (χ0v) is 13.3. The zero-order chi connectivity index (χ0) is 15.4. The van der Waals surface area contributed by atoms with Crippen molar-refractivity contribution in [3.8, 4) is 0 Å². The number of nitrogens with one attached hydrogen (secondary N) is 1. The molecule has 1 aromatic carbocycles. The van der Waals surface area contributed by atoms with E-state index in [-0.39, 0.29) is 18.1 Å². The fourth-order valence-corrected chi connectivity index (χ4v) is 3.45. The molecule has 3 atom stereocenters. The molecule has 2 aliphatic heterocycles. The smallest absolute Gasteiger partial charge is 0.222 e. The van der Waals surface area contributed by atoms with Crippen molar-refractivity contribution >= 4 is 5.91 Å². The molecule has 0 saturated carbocycles. The minimum Gasteiger partial charge on any atom is -0.367 e. The van der Waals surface area contributed by atoms with Crippen LogP contribution in [-0.4, -0.2) is 43.1 Å². The molecule has 0 radical (unpaired) electrons. The normalized spacial score (nSPS) is 28.8. The number of ether oxygens (including phenoxy) is 1. The van der Waals surface area contributed by atoms with E-state index in [0.29, 0.717) is 25.4 Å². The number of nitrogens with zero attached hydrogens (tertiary/aromatic N) is 1. The average Bonchev–Trinajstić information content (AvgIpc) is 3.06. The number of amides is 1. The second-order valence-corrected chi connectivity index (χ2v) is 6.54. The van der Waals surface area contributed by atoms with Crippen molar-refractivity contribution in [2.24, 2.45) is 5.92 Å². The summed E-state index contributed by atoms with van der Waals surface area (Å²) < 4.78 is 6.03. The van der Waals surface area contributed by atoms with Crippen molar-refractivity contribution in [3.63, 3.8) is 0 Å². The first-order chi connectivity index (χ1) is 10.7. The molecule has 0 aromatic heterocycles. The minimum atomic E-state index is 0.00190. The monoisotopic (exact) mass is 302 g/mol. The molecule has 2 saturated heterocycles. The van der Waals surface area contributed by atoms with E-state index in [4.69, 9.17) is 4.74 Å². The van der Waals surface area contributed by atoms with Crippen LogP contribution < -0.4 is 5.32 Å². The quantitative estimate of drug-likeness (QED) is 0.928. The van der Waals surface area contributed by atoms with Gasteiger partial charge < -0.3 is 15.0 Å². The van der Waals surface area contributed by atoms with Crippen molar-refractivity contribution < 1.29 is 9.53 Å². The summed E-state index contributed by atoms with van der Waals surface area (Å²) in [5, 5.41) is 3.37. The molecule has 2 fully saturated rings. The second kappa shape index (κ2) is 7.25. The summed E-state index contributed by atoms with van der Waals surface area (Å²) in [6.07, 6.45) is 2.98. The number of morpholine rings is 1. The van der Waals surface area contributed by atoms with Gasteiger partial charge >= 0.3 is 0 Å². The third-order valence-corrected chi connectivity index (χ3v) is 4.71. The van der Waals surface area contributed by atoms with Crippen LogP contribution in [0.2, 0.25) is 0 Å². The van der Waals surface area contributed by atoms with Crippen LogP contribution in [0.4, 0.5) is 0 Å². The van der Waals surface area contributed by atoms with E-state index < -0.39 is 0 Å². The van der Waals surface area contributed by atoms with Crippen molar-refractivity contribution in [2.45, 2.75) is 38.4 Å². The van der Waals surface area contributed by atoms with Gasteiger partial charge in [-0.2, -0.15) is 0 Å². The van der Waals surface area contributed by atoms with E-state index >= 15 is 0 Å². The summed E-state index contributed by atoms with van der Waals surface area (Å²) in [6, 6.07) is 10.2. The van der Waals surface area contributed by atoms with Gasteiger partial charge in [0.25, 0.3) is 0 Å². The molecule has 120 valence electrons. The predicted molar refractivity (Wildman–Crippen MR) is 86.5 cm³/mol. The van der Waals surface area contributed by atoms with Gasteiger partial charge in [-0.05, 0) is 44.3 Å². The Labute approximate surface area is 132 Å². The summed E-state index contributed by atoms with van der Waals surface area (Å²) in [6.45, 7) is 5.61. The molecule has 2 heterocycles. The first-order valence-corrected chi connectivity index (χ1v) is 8.41. The van der Waals surface area contributed by atoms with Crippen molar-refractivity contribution in [1.82, 2.24) is 10.2 Å². The average molecular weight is 302 g/mol. The lowest BCUT2D eigenvalue weighted by molar-refractivity contribution is -0.145. The summed E-state index contributed by atoms with van der Waals surface area (Å²) in [4.78, 5) is 14.5. The lowest BCUT2D eigenvalue weighted by atomic mass is 10.0. The standard InChI is InChI=1S/C18H26N2O2/c1-14-12-20(18(21)8-7-15-9-10-19-11-15)13-17(22-14)16-5-3-2-4-6-16/h2-6,14-15,17,19H,7-13H2,1H3. The zero-order valence-electron chi connectivity index (χ0n) is 13.3. The lowest BCUT2D eigenvalue weighted by Gasteiger charge is -2.37. The molecule has 22 heavy (non-hydrogen) atoms. The van der Waals surface area contributed by atoms with Crippen LogP contribution in [0.15, 0.2) is 30.3 Å². The van der Waals surface area contributed by atoms with Gasteiger partial charge in [0.05, 0.1) is 12.6 Å². The van der Waals surface area contributed by atoms with Gasteiger partial charge in [-0.15, -0.1) is 0 Å². The second-order valence-electron chi connectivity index (χ2n) is 6.54. The topological polar surface area (TPSA) is 41.6 Å². The predicted octanol–water partition coefficient (Wildman–Crippen LogP) is 2.36. The number of carbonyl (C=O) groups is 1. The molecule has 1 N–H and O–H groups in total. The third kappa shape index (κ3) is 3.87. The van der Waals surface area contributed by atoms with Crippen LogP contribution >= 0.6 is 0 Å². The Bertz CT molecular complexity index is 485. The van der Waals surface area contributed by atoms with Crippen LogP contribution in [0.1, 0.15) is 37.9 Å². The Morgan fingerprint density at radius 1 is 1.32 bits per heavy atom. The number of rotatable bonds is 4. The molecule has 0 bridgehead atoms. The Kier molecular flexibility index (Phi) is 5.11. The highest BCUT2D eigenvalue weighted by Crippen LogP contribution is 2.26. The lowest BCUT2D eigenvalue weighted by Crippen LogP contribution is -2.46. The first kappa shape index (κ1) is 15.5. The van der Waals surface area contributed by atoms with E-state index in [9.17, 15) is 4.79 Å². The van der Waals surface area contributed by atoms with Gasteiger partial charge in [0.2, 0.25) is 5.91 Å². The highest BCUT2D eigenvalue weighted by Gasteiger charge is 2.29. The van der Waals surface area contributed by atoms with Crippen LogP contribution in [-0.2, 0) is 9.53 Å². The highest BCUT2D eigenvalue weighted by molar-refractivity contribution is 5.76. The van der Waals surface area contributed by atoms with Gasteiger partial charge in [-0.1, -0.05) is 30.3 Å². The van der Waals surface area contributed by atoms with Gasteiger partial charge in [0.1, 0.15) is 6.10 Å². The number of benzene rings is 1. The molecule has 1 amide bonds. The van der Waals surface area contributed by atoms with Crippen LogP contribution in [0.25, 0.3) is 0 Å². The molecule has 0 spiro atoms. The van der Waals surface area contributed by atoms with E-state index in [1.165, 1.54) is 6.42 Å². The van der Waals surface area contributed by atoms with Gasteiger partial charge in [0.15, 0.2) is 0 Å². The summed E-state index contributed by atoms with van der Waals surface area (Å²) in [5.41, 5.74) is 1.16. The minimum absolute atomic E-state index is 0.00190. The largest absolute Gasteiger partial charge is 0.367 e. The third-order valence-electron chi connectivity index (χ3n) is 4.71. The van der Waals surface area contributed by atoms with Crippen LogP contribution in [0.3, 0.4) is 0 Å². The summed E-state index contributed by atoms with van der Waals surface area (Å²) in [7, 11) is 0. The molecular formula is C18H26N2O2. The van der Waals surface area contributed by atoms with Crippen molar-refractivity contribution in [2.75, 3.05) is 26.2 Å². The van der Waals surface area contributed by atoms with E-state index in [1.54, 1.807) is 0 Å². The van der Waals surface area contributed by atoms with E-state index in [2.05, 4.69) is 24.4 Å². The Hall–Kier alpha value is -1.39. The maximum Gasteiger partial charge on any atom is 0.222 e. The molecule has 2 aliphatic rings. The van der Waals surface area contributed by atoms with Crippen LogP contribution in [0, 0.1) is 5.92 Å². The maximum absolute atomic E-state index is 12.5. The molecule has 4 heteroatoms. The molecule has 0 aliphatic carbocycles. The molecule has 3 rings (SSSR count).